The maximum atomic E-state index is 12.3. The fourth-order valence-electron chi connectivity index (χ4n) is 2.57. The van der Waals surface area contributed by atoms with Crippen LogP contribution in [-0.4, -0.2) is 52.7 Å². The van der Waals surface area contributed by atoms with Crippen LogP contribution in [0.2, 0.25) is 0 Å². The number of amides is 2. The molecule has 7 heteroatoms. The molecule has 0 spiro atoms. The number of carbonyl (C=O) groups excluding carboxylic acids is 2. The number of aryl methyl sites for hydroxylation is 2. The molecule has 7 nitrogen and oxygen atoms in total. The first-order valence-corrected chi connectivity index (χ1v) is 8.66. The topological polar surface area (TPSA) is 79.3 Å². The van der Waals surface area contributed by atoms with Crippen molar-refractivity contribution in [3.63, 3.8) is 0 Å². The molecule has 1 aromatic heterocycles. The first kappa shape index (κ1) is 19.7. The number of hydrogen-bond donors (Lipinski definition) is 2. The minimum absolute atomic E-state index is 0.0802. The summed E-state index contributed by atoms with van der Waals surface area (Å²) in [5.41, 5.74) is 2.85. The fraction of sp³-hybridized carbons (Fsp3) is 0.421. The maximum absolute atomic E-state index is 12.3. The van der Waals surface area contributed by atoms with Crippen molar-refractivity contribution in [2.45, 2.75) is 33.7 Å². The summed E-state index contributed by atoms with van der Waals surface area (Å²) in [6.45, 7) is 7.98. The molecule has 2 amide bonds. The SMILES string of the molecule is Cc1ccc(-n2nc(C)cc2NC(=O)CN(C)CC(=O)NC(C)C)cc1. The van der Waals surface area contributed by atoms with Crippen LogP contribution in [-0.2, 0) is 9.59 Å². The normalized spacial score (nSPS) is 11.0. The van der Waals surface area contributed by atoms with E-state index < -0.39 is 0 Å². The zero-order chi connectivity index (χ0) is 19.3. The minimum Gasteiger partial charge on any atom is -0.353 e. The number of carbonyl (C=O) groups is 2. The van der Waals surface area contributed by atoms with Crippen molar-refractivity contribution in [2.75, 3.05) is 25.5 Å². The predicted molar refractivity (Wildman–Crippen MR) is 102 cm³/mol. The Bertz CT molecular complexity index is 765. The molecule has 1 aromatic carbocycles. The van der Waals surface area contributed by atoms with Gasteiger partial charge < -0.3 is 10.6 Å². The first-order valence-electron chi connectivity index (χ1n) is 8.66. The molecule has 0 saturated heterocycles. The Morgan fingerprint density at radius 1 is 1.12 bits per heavy atom. The van der Waals surface area contributed by atoms with E-state index in [-0.39, 0.29) is 30.9 Å². The van der Waals surface area contributed by atoms with Crippen LogP contribution >= 0.6 is 0 Å². The van der Waals surface area contributed by atoms with E-state index in [1.54, 1.807) is 16.6 Å². The molecule has 140 valence electrons. The molecule has 0 aliphatic carbocycles. The van der Waals surface area contributed by atoms with Gasteiger partial charge in [0, 0.05) is 12.1 Å². The second kappa shape index (κ2) is 8.62. The zero-order valence-corrected chi connectivity index (χ0v) is 16.0. The van der Waals surface area contributed by atoms with Gasteiger partial charge in [-0.05, 0) is 46.9 Å². The second-order valence-corrected chi connectivity index (χ2v) is 6.86. The van der Waals surface area contributed by atoms with E-state index in [1.165, 1.54) is 0 Å². The summed E-state index contributed by atoms with van der Waals surface area (Å²) in [5, 5.41) is 10.1. The molecule has 0 saturated carbocycles. The molecule has 0 fully saturated rings. The second-order valence-electron chi connectivity index (χ2n) is 6.86. The number of nitrogens with zero attached hydrogens (tertiary/aromatic N) is 3. The van der Waals surface area contributed by atoms with Crippen LogP contribution in [0.25, 0.3) is 5.69 Å². The quantitative estimate of drug-likeness (QED) is 0.793. The largest absolute Gasteiger partial charge is 0.353 e. The van der Waals surface area contributed by atoms with Gasteiger partial charge in [-0.2, -0.15) is 5.10 Å². The lowest BCUT2D eigenvalue weighted by Crippen LogP contribution is -2.41. The highest BCUT2D eigenvalue weighted by Crippen LogP contribution is 2.17. The van der Waals surface area contributed by atoms with E-state index in [9.17, 15) is 9.59 Å². The summed E-state index contributed by atoms with van der Waals surface area (Å²) in [4.78, 5) is 25.8. The van der Waals surface area contributed by atoms with Crippen molar-refractivity contribution in [2.24, 2.45) is 0 Å². The third-order valence-electron chi connectivity index (χ3n) is 3.65. The number of likely N-dealkylation sites (N-methyl/N-ethyl adjacent to an activating group) is 1. The molecular formula is C19H27N5O2. The van der Waals surface area contributed by atoms with Crippen LogP contribution in [0.1, 0.15) is 25.1 Å². The smallest absolute Gasteiger partial charge is 0.239 e. The molecule has 0 bridgehead atoms. The summed E-state index contributed by atoms with van der Waals surface area (Å²) < 4.78 is 1.71. The van der Waals surface area contributed by atoms with Crippen molar-refractivity contribution in [1.82, 2.24) is 20.0 Å². The van der Waals surface area contributed by atoms with Crippen LogP contribution in [0.4, 0.5) is 5.82 Å². The molecule has 0 aliphatic heterocycles. The number of rotatable bonds is 7. The minimum atomic E-state index is -0.196. The highest BCUT2D eigenvalue weighted by molar-refractivity contribution is 5.92. The molecule has 26 heavy (non-hydrogen) atoms. The van der Waals surface area contributed by atoms with Gasteiger partial charge in [-0.15, -0.1) is 0 Å². The Labute approximate surface area is 154 Å². The number of aromatic nitrogens is 2. The molecular weight excluding hydrogens is 330 g/mol. The highest BCUT2D eigenvalue weighted by atomic mass is 16.2. The predicted octanol–water partition coefficient (Wildman–Crippen LogP) is 1.88. The number of nitrogens with one attached hydrogen (secondary N) is 2. The van der Waals surface area contributed by atoms with Gasteiger partial charge in [0.2, 0.25) is 11.8 Å². The summed E-state index contributed by atoms with van der Waals surface area (Å²) in [6, 6.07) is 9.82. The van der Waals surface area contributed by atoms with E-state index >= 15 is 0 Å². The Morgan fingerprint density at radius 3 is 2.35 bits per heavy atom. The van der Waals surface area contributed by atoms with E-state index in [0.29, 0.717) is 5.82 Å². The Kier molecular flexibility index (Phi) is 6.52. The standard InChI is InChI=1S/C19H27N5O2/c1-13(2)20-18(25)11-23(5)12-19(26)21-17-10-15(4)22-24(17)16-8-6-14(3)7-9-16/h6-10,13H,11-12H2,1-5H3,(H,20,25)(H,21,26). The van der Waals surface area contributed by atoms with Crippen molar-refractivity contribution in [3.05, 3.63) is 41.6 Å². The van der Waals surface area contributed by atoms with Crippen LogP contribution in [0, 0.1) is 13.8 Å². The van der Waals surface area contributed by atoms with Gasteiger partial charge in [-0.25, -0.2) is 4.68 Å². The van der Waals surface area contributed by atoms with E-state index in [4.69, 9.17) is 0 Å². The maximum Gasteiger partial charge on any atom is 0.239 e. The van der Waals surface area contributed by atoms with E-state index in [2.05, 4.69) is 15.7 Å². The Morgan fingerprint density at radius 2 is 1.73 bits per heavy atom. The van der Waals surface area contributed by atoms with Crippen LogP contribution in [0.5, 0.6) is 0 Å². The first-order chi connectivity index (χ1) is 12.2. The van der Waals surface area contributed by atoms with Gasteiger partial charge in [0.1, 0.15) is 5.82 Å². The monoisotopic (exact) mass is 357 g/mol. The molecule has 0 atom stereocenters. The molecule has 0 unspecified atom stereocenters. The van der Waals surface area contributed by atoms with E-state index in [0.717, 1.165) is 16.9 Å². The number of benzene rings is 1. The van der Waals surface area contributed by atoms with Crippen molar-refractivity contribution < 1.29 is 9.59 Å². The van der Waals surface area contributed by atoms with Crippen molar-refractivity contribution in [3.8, 4) is 5.69 Å². The van der Waals surface area contributed by atoms with Crippen LogP contribution < -0.4 is 10.6 Å². The lowest BCUT2D eigenvalue weighted by Gasteiger charge is -2.17. The average molecular weight is 357 g/mol. The van der Waals surface area contributed by atoms with Crippen molar-refractivity contribution in [1.29, 1.82) is 0 Å². The lowest BCUT2D eigenvalue weighted by molar-refractivity contribution is -0.123. The van der Waals surface area contributed by atoms with Gasteiger partial charge in [-0.3, -0.25) is 14.5 Å². The van der Waals surface area contributed by atoms with E-state index in [1.807, 2.05) is 58.0 Å². The fourth-order valence-corrected chi connectivity index (χ4v) is 2.57. The Hall–Kier alpha value is -2.67. The summed E-state index contributed by atoms with van der Waals surface area (Å²) in [7, 11) is 1.74. The number of anilines is 1. The summed E-state index contributed by atoms with van der Waals surface area (Å²) in [5.74, 6) is 0.310. The summed E-state index contributed by atoms with van der Waals surface area (Å²) in [6.07, 6.45) is 0. The van der Waals surface area contributed by atoms with Gasteiger partial charge in [0.25, 0.3) is 0 Å². The molecule has 2 rings (SSSR count). The number of hydrogen-bond acceptors (Lipinski definition) is 4. The van der Waals surface area contributed by atoms with Crippen molar-refractivity contribution >= 4 is 17.6 Å². The van der Waals surface area contributed by atoms with Gasteiger partial charge >= 0.3 is 0 Å². The lowest BCUT2D eigenvalue weighted by atomic mass is 10.2. The molecule has 2 aromatic rings. The Balaban J connectivity index is 2.01. The average Bonchev–Trinajstić information content (AvgIpc) is 2.87. The zero-order valence-electron chi connectivity index (χ0n) is 16.0. The highest BCUT2D eigenvalue weighted by Gasteiger charge is 2.14. The molecule has 1 heterocycles. The summed E-state index contributed by atoms with van der Waals surface area (Å²) >= 11 is 0. The molecule has 2 N–H and O–H groups in total. The van der Waals surface area contributed by atoms with Gasteiger partial charge in [0.05, 0.1) is 24.5 Å². The third-order valence-corrected chi connectivity index (χ3v) is 3.65. The van der Waals surface area contributed by atoms with Gasteiger partial charge in [0.15, 0.2) is 0 Å². The molecule has 0 aliphatic rings. The van der Waals surface area contributed by atoms with Crippen LogP contribution in [0.15, 0.2) is 30.3 Å². The molecule has 0 radical (unpaired) electrons. The van der Waals surface area contributed by atoms with Gasteiger partial charge in [-0.1, -0.05) is 17.7 Å². The van der Waals surface area contributed by atoms with Crippen LogP contribution in [0.3, 0.4) is 0 Å². The third kappa shape index (κ3) is 5.70.